The van der Waals surface area contributed by atoms with Crippen molar-refractivity contribution in [3.63, 3.8) is 0 Å². The first-order valence-electron chi connectivity index (χ1n) is 7.27. The van der Waals surface area contributed by atoms with Crippen LogP contribution >= 0.6 is 0 Å². The molecule has 0 spiro atoms. The summed E-state index contributed by atoms with van der Waals surface area (Å²) in [5.74, 6) is 0. The van der Waals surface area contributed by atoms with Gasteiger partial charge in [0.05, 0.1) is 25.4 Å². The summed E-state index contributed by atoms with van der Waals surface area (Å²) >= 11 is 0. The zero-order chi connectivity index (χ0) is 14.5. The summed E-state index contributed by atoms with van der Waals surface area (Å²) in [7, 11) is 0. The van der Waals surface area contributed by atoms with Gasteiger partial charge < -0.3 is 9.84 Å². The molecule has 1 aliphatic heterocycles. The lowest BCUT2D eigenvalue weighted by atomic mass is 10.0. The van der Waals surface area contributed by atoms with Crippen LogP contribution in [0.15, 0.2) is 54.9 Å². The Morgan fingerprint density at radius 3 is 2.62 bits per heavy atom. The molecule has 0 amide bonds. The second kappa shape index (κ2) is 6.80. The van der Waals surface area contributed by atoms with Crippen LogP contribution in [0.25, 0.3) is 0 Å². The van der Waals surface area contributed by atoms with Crippen molar-refractivity contribution >= 4 is 0 Å². The minimum Gasteiger partial charge on any atom is -0.394 e. The van der Waals surface area contributed by atoms with Gasteiger partial charge in [-0.3, -0.25) is 9.88 Å². The number of aliphatic hydroxyl groups excluding tert-OH is 1. The van der Waals surface area contributed by atoms with E-state index in [1.165, 1.54) is 11.1 Å². The molecule has 3 rings (SSSR count). The Labute approximate surface area is 125 Å². The minimum absolute atomic E-state index is 0.0638. The lowest BCUT2D eigenvalue weighted by molar-refractivity contribution is -0.0866. The number of benzene rings is 1. The molecule has 2 unspecified atom stereocenters. The van der Waals surface area contributed by atoms with E-state index in [2.05, 4.69) is 34.1 Å². The Balaban J connectivity index is 1.80. The normalized spacial score (nSPS) is 23.1. The van der Waals surface area contributed by atoms with E-state index in [1.807, 2.05) is 30.6 Å². The minimum atomic E-state index is -0.105. The topological polar surface area (TPSA) is 45.6 Å². The van der Waals surface area contributed by atoms with Crippen LogP contribution in [0.5, 0.6) is 0 Å². The highest BCUT2D eigenvalue weighted by Gasteiger charge is 2.29. The monoisotopic (exact) mass is 284 g/mol. The molecule has 1 saturated heterocycles. The molecule has 1 fully saturated rings. The van der Waals surface area contributed by atoms with Crippen molar-refractivity contribution < 1.29 is 9.84 Å². The summed E-state index contributed by atoms with van der Waals surface area (Å²) in [4.78, 5) is 6.45. The van der Waals surface area contributed by atoms with E-state index in [1.54, 1.807) is 0 Å². The lowest BCUT2D eigenvalue weighted by Crippen LogP contribution is -2.45. The number of morpholine rings is 1. The number of rotatable bonds is 4. The van der Waals surface area contributed by atoms with Gasteiger partial charge in [-0.1, -0.05) is 30.3 Å². The van der Waals surface area contributed by atoms with Gasteiger partial charge in [0.1, 0.15) is 0 Å². The van der Waals surface area contributed by atoms with E-state index < -0.39 is 0 Å². The van der Waals surface area contributed by atoms with Gasteiger partial charge in [-0.05, 0) is 23.3 Å². The summed E-state index contributed by atoms with van der Waals surface area (Å²) in [6, 6.07) is 14.7. The smallest absolute Gasteiger partial charge is 0.0933 e. The van der Waals surface area contributed by atoms with Crippen LogP contribution in [0.2, 0.25) is 0 Å². The maximum Gasteiger partial charge on any atom is 0.0933 e. The number of aliphatic hydroxyl groups is 1. The van der Waals surface area contributed by atoms with Crippen LogP contribution in [0.1, 0.15) is 17.2 Å². The van der Waals surface area contributed by atoms with Crippen molar-refractivity contribution in [2.45, 2.75) is 18.7 Å². The van der Waals surface area contributed by atoms with E-state index in [0.29, 0.717) is 6.61 Å². The van der Waals surface area contributed by atoms with Crippen molar-refractivity contribution in [2.75, 3.05) is 19.8 Å². The molecule has 2 aromatic rings. The van der Waals surface area contributed by atoms with Crippen molar-refractivity contribution in [3.8, 4) is 0 Å². The second-order valence-electron chi connectivity index (χ2n) is 5.35. The first kappa shape index (κ1) is 14.2. The largest absolute Gasteiger partial charge is 0.394 e. The van der Waals surface area contributed by atoms with Crippen LogP contribution in [-0.4, -0.2) is 40.9 Å². The second-order valence-corrected chi connectivity index (χ2v) is 5.35. The zero-order valence-corrected chi connectivity index (χ0v) is 11.9. The third-order valence-electron chi connectivity index (χ3n) is 3.89. The van der Waals surface area contributed by atoms with E-state index in [4.69, 9.17) is 4.74 Å². The molecule has 2 atom stereocenters. The fraction of sp³-hybridized carbons (Fsp3) is 0.353. The van der Waals surface area contributed by atoms with Gasteiger partial charge in [0.25, 0.3) is 0 Å². The Morgan fingerprint density at radius 1 is 1.14 bits per heavy atom. The van der Waals surface area contributed by atoms with Crippen LogP contribution in [-0.2, 0) is 11.3 Å². The average molecular weight is 284 g/mol. The molecule has 2 heterocycles. The predicted molar refractivity (Wildman–Crippen MR) is 80.7 cm³/mol. The molecule has 1 aromatic carbocycles. The molecular weight excluding hydrogens is 264 g/mol. The van der Waals surface area contributed by atoms with Gasteiger partial charge in [-0.15, -0.1) is 0 Å². The maximum absolute atomic E-state index is 9.37. The lowest BCUT2D eigenvalue weighted by Gasteiger charge is -2.39. The fourth-order valence-corrected chi connectivity index (χ4v) is 2.77. The highest BCUT2D eigenvalue weighted by atomic mass is 16.5. The van der Waals surface area contributed by atoms with Gasteiger partial charge in [0, 0.05) is 25.5 Å². The van der Waals surface area contributed by atoms with Crippen LogP contribution in [0.4, 0.5) is 0 Å². The Morgan fingerprint density at radius 2 is 1.90 bits per heavy atom. The van der Waals surface area contributed by atoms with Gasteiger partial charge in [0.2, 0.25) is 0 Å². The van der Waals surface area contributed by atoms with E-state index in [9.17, 15) is 5.11 Å². The Kier molecular flexibility index (Phi) is 4.60. The first-order valence-corrected chi connectivity index (χ1v) is 7.27. The van der Waals surface area contributed by atoms with E-state index >= 15 is 0 Å². The van der Waals surface area contributed by atoms with Crippen LogP contribution in [0, 0.1) is 0 Å². The zero-order valence-electron chi connectivity index (χ0n) is 11.9. The summed E-state index contributed by atoms with van der Waals surface area (Å²) in [6.45, 7) is 2.25. The predicted octanol–water partition coefficient (Wildman–Crippen LogP) is 2.02. The molecule has 1 N–H and O–H groups in total. The average Bonchev–Trinajstić information content (AvgIpc) is 2.56. The highest BCUT2D eigenvalue weighted by molar-refractivity contribution is 5.19. The summed E-state index contributed by atoms with van der Waals surface area (Å²) < 4.78 is 5.75. The van der Waals surface area contributed by atoms with Crippen molar-refractivity contribution in [1.29, 1.82) is 0 Å². The summed E-state index contributed by atoms with van der Waals surface area (Å²) in [6.07, 6.45) is 3.52. The molecule has 21 heavy (non-hydrogen) atoms. The number of hydrogen-bond donors (Lipinski definition) is 1. The van der Waals surface area contributed by atoms with Gasteiger partial charge in [-0.2, -0.15) is 0 Å². The van der Waals surface area contributed by atoms with Crippen molar-refractivity contribution in [3.05, 3.63) is 66.0 Å². The molecule has 4 nitrogen and oxygen atoms in total. The van der Waals surface area contributed by atoms with E-state index in [-0.39, 0.29) is 18.8 Å². The molecule has 110 valence electrons. The van der Waals surface area contributed by atoms with Gasteiger partial charge in [-0.25, -0.2) is 0 Å². The Hall–Kier alpha value is -1.75. The number of aromatic nitrogens is 1. The number of hydrogen-bond acceptors (Lipinski definition) is 4. The molecule has 1 aliphatic rings. The van der Waals surface area contributed by atoms with E-state index in [0.717, 1.165) is 13.1 Å². The van der Waals surface area contributed by atoms with Gasteiger partial charge >= 0.3 is 0 Å². The number of pyridine rings is 1. The molecule has 0 saturated carbocycles. The molecular formula is C17H20N2O2. The molecule has 4 heteroatoms. The SMILES string of the molecule is OCC1CN(Cc2ccccc2)C(c2ccncc2)CO1. The van der Waals surface area contributed by atoms with Crippen LogP contribution < -0.4 is 0 Å². The fourth-order valence-electron chi connectivity index (χ4n) is 2.77. The van der Waals surface area contributed by atoms with Crippen molar-refractivity contribution in [1.82, 2.24) is 9.88 Å². The summed E-state index contributed by atoms with van der Waals surface area (Å²) in [5.41, 5.74) is 2.48. The molecule has 0 bridgehead atoms. The maximum atomic E-state index is 9.37. The molecule has 1 aromatic heterocycles. The third kappa shape index (κ3) is 3.47. The first-order chi connectivity index (χ1) is 10.4. The quantitative estimate of drug-likeness (QED) is 0.933. The Bertz CT molecular complexity index is 547. The highest BCUT2D eigenvalue weighted by Crippen LogP contribution is 2.27. The number of ether oxygens (including phenoxy) is 1. The molecule has 0 aliphatic carbocycles. The van der Waals surface area contributed by atoms with Gasteiger partial charge in [0.15, 0.2) is 0 Å². The third-order valence-corrected chi connectivity index (χ3v) is 3.89. The van der Waals surface area contributed by atoms with Crippen molar-refractivity contribution in [2.24, 2.45) is 0 Å². The van der Waals surface area contributed by atoms with Crippen LogP contribution in [0.3, 0.4) is 0 Å². The summed E-state index contributed by atoms with van der Waals surface area (Å²) in [5, 5.41) is 9.37. The number of nitrogens with zero attached hydrogens (tertiary/aromatic N) is 2. The standard InChI is InChI=1S/C17H20N2O2/c20-12-16-11-19(10-14-4-2-1-3-5-14)17(13-21-16)15-6-8-18-9-7-15/h1-9,16-17,20H,10-13H2. The molecule has 0 radical (unpaired) electrons.